The smallest absolute Gasteiger partial charge is 0.212 e. The van der Waals surface area contributed by atoms with E-state index < -0.39 is 10.0 Å². The van der Waals surface area contributed by atoms with Gasteiger partial charge in [0.2, 0.25) is 10.0 Å². The summed E-state index contributed by atoms with van der Waals surface area (Å²) in [5.74, 6) is 0.823. The fraction of sp³-hybridized carbons (Fsp3) is 0.455. The Hall–Kier alpha value is -1.31. The SMILES string of the molecule is CNS(=O)(=O)CCNC1COc2cc(O)ccc21. The van der Waals surface area contributed by atoms with Crippen molar-refractivity contribution in [2.24, 2.45) is 0 Å². The largest absolute Gasteiger partial charge is 0.508 e. The molecule has 1 unspecified atom stereocenters. The van der Waals surface area contributed by atoms with Gasteiger partial charge in [0.25, 0.3) is 0 Å². The monoisotopic (exact) mass is 272 g/mol. The van der Waals surface area contributed by atoms with E-state index in [0.717, 1.165) is 5.56 Å². The second kappa shape index (κ2) is 5.13. The van der Waals surface area contributed by atoms with Gasteiger partial charge in [0.15, 0.2) is 0 Å². The zero-order valence-electron chi connectivity index (χ0n) is 10.0. The number of ether oxygens (including phenoxy) is 1. The Balaban J connectivity index is 1.94. The lowest BCUT2D eigenvalue weighted by Crippen LogP contribution is -2.32. The Morgan fingerprint density at radius 3 is 3.00 bits per heavy atom. The molecule has 0 spiro atoms. The second-order valence-corrected chi connectivity index (χ2v) is 6.11. The summed E-state index contributed by atoms with van der Waals surface area (Å²) in [6.07, 6.45) is 0. The molecule has 0 amide bonds. The highest BCUT2D eigenvalue weighted by atomic mass is 32.2. The first kappa shape index (κ1) is 13.1. The highest BCUT2D eigenvalue weighted by Crippen LogP contribution is 2.34. The van der Waals surface area contributed by atoms with E-state index in [-0.39, 0.29) is 17.5 Å². The van der Waals surface area contributed by atoms with Crippen molar-refractivity contribution in [3.8, 4) is 11.5 Å². The van der Waals surface area contributed by atoms with Crippen LogP contribution in [0.5, 0.6) is 11.5 Å². The molecular weight excluding hydrogens is 256 g/mol. The number of benzene rings is 1. The van der Waals surface area contributed by atoms with Gasteiger partial charge in [0, 0.05) is 18.2 Å². The van der Waals surface area contributed by atoms with Gasteiger partial charge >= 0.3 is 0 Å². The quantitative estimate of drug-likeness (QED) is 0.700. The van der Waals surface area contributed by atoms with Crippen LogP contribution >= 0.6 is 0 Å². The van der Waals surface area contributed by atoms with Crippen LogP contribution in [-0.4, -0.2) is 39.5 Å². The van der Waals surface area contributed by atoms with E-state index in [1.165, 1.54) is 7.05 Å². The molecular formula is C11H16N2O4S. The van der Waals surface area contributed by atoms with Gasteiger partial charge in [0.05, 0.1) is 11.8 Å². The van der Waals surface area contributed by atoms with Crippen molar-refractivity contribution < 1.29 is 18.3 Å². The first-order valence-electron chi connectivity index (χ1n) is 5.62. The maximum absolute atomic E-state index is 11.2. The van der Waals surface area contributed by atoms with Crippen molar-refractivity contribution in [3.05, 3.63) is 23.8 Å². The molecule has 0 fully saturated rings. The zero-order valence-corrected chi connectivity index (χ0v) is 10.8. The lowest BCUT2D eigenvalue weighted by atomic mass is 10.1. The van der Waals surface area contributed by atoms with E-state index in [4.69, 9.17) is 4.74 Å². The maximum atomic E-state index is 11.2. The number of aromatic hydroxyl groups is 1. The predicted octanol–water partition coefficient (Wildman–Crippen LogP) is -0.0355. The van der Waals surface area contributed by atoms with E-state index in [2.05, 4.69) is 10.0 Å². The minimum atomic E-state index is -3.19. The lowest BCUT2D eigenvalue weighted by molar-refractivity contribution is 0.312. The Bertz CT molecular complexity index is 530. The van der Waals surface area contributed by atoms with Crippen LogP contribution in [0.2, 0.25) is 0 Å². The maximum Gasteiger partial charge on any atom is 0.212 e. The van der Waals surface area contributed by atoms with Crippen LogP contribution in [0.15, 0.2) is 18.2 Å². The molecule has 1 aromatic carbocycles. The van der Waals surface area contributed by atoms with Gasteiger partial charge in [-0.1, -0.05) is 0 Å². The highest BCUT2D eigenvalue weighted by molar-refractivity contribution is 7.89. The Morgan fingerprint density at radius 1 is 1.50 bits per heavy atom. The van der Waals surface area contributed by atoms with Crippen LogP contribution in [0.3, 0.4) is 0 Å². The molecule has 1 heterocycles. The molecule has 1 aliphatic rings. The van der Waals surface area contributed by atoms with Crippen LogP contribution < -0.4 is 14.8 Å². The summed E-state index contributed by atoms with van der Waals surface area (Å²) in [5.41, 5.74) is 0.939. The first-order valence-corrected chi connectivity index (χ1v) is 7.27. The Labute approximate surface area is 106 Å². The molecule has 100 valence electrons. The summed E-state index contributed by atoms with van der Waals surface area (Å²) < 4.78 is 30.2. The van der Waals surface area contributed by atoms with Gasteiger partial charge in [0.1, 0.15) is 18.1 Å². The fourth-order valence-corrected chi connectivity index (χ4v) is 2.43. The molecule has 0 aromatic heterocycles. The van der Waals surface area contributed by atoms with Crippen LogP contribution in [0.25, 0.3) is 0 Å². The molecule has 2 rings (SSSR count). The van der Waals surface area contributed by atoms with E-state index in [9.17, 15) is 13.5 Å². The Kier molecular flexibility index (Phi) is 3.74. The summed E-state index contributed by atoms with van der Waals surface area (Å²) in [6, 6.07) is 4.89. The molecule has 0 saturated carbocycles. The number of phenolic OH excluding ortho intramolecular Hbond substituents is 1. The lowest BCUT2D eigenvalue weighted by Gasteiger charge is -2.11. The van der Waals surface area contributed by atoms with Crippen LogP contribution in [-0.2, 0) is 10.0 Å². The van der Waals surface area contributed by atoms with E-state index in [1.807, 2.05) is 0 Å². The van der Waals surface area contributed by atoms with Crippen molar-refractivity contribution in [2.75, 3.05) is 26.0 Å². The molecule has 0 radical (unpaired) electrons. The molecule has 0 saturated heterocycles. The van der Waals surface area contributed by atoms with Gasteiger partial charge in [-0.25, -0.2) is 13.1 Å². The minimum Gasteiger partial charge on any atom is -0.508 e. The second-order valence-electron chi connectivity index (χ2n) is 4.06. The standard InChI is InChI=1S/C11H16N2O4S/c1-12-18(15,16)5-4-13-10-7-17-11-6-8(14)2-3-9(10)11/h2-3,6,10,12-14H,4-5,7H2,1H3. The van der Waals surface area contributed by atoms with Crippen molar-refractivity contribution >= 4 is 10.0 Å². The molecule has 7 heteroatoms. The summed E-state index contributed by atoms with van der Waals surface area (Å²) in [4.78, 5) is 0. The predicted molar refractivity (Wildman–Crippen MR) is 67.2 cm³/mol. The van der Waals surface area contributed by atoms with E-state index in [1.54, 1.807) is 18.2 Å². The molecule has 1 aromatic rings. The van der Waals surface area contributed by atoms with Crippen molar-refractivity contribution in [1.29, 1.82) is 0 Å². The number of hydrogen-bond acceptors (Lipinski definition) is 5. The number of rotatable bonds is 5. The molecule has 0 bridgehead atoms. The normalized spacial score (nSPS) is 18.4. The average Bonchev–Trinajstić information content (AvgIpc) is 2.71. The number of sulfonamides is 1. The van der Waals surface area contributed by atoms with Crippen molar-refractivity contribution in [3.63, 3.8) is 0 Å². The van der Waals surface area contributed by atoms with Crippen molar-refractivity contribution in [1.82, 2.24) is 10.0 Å². The van der Waals surface area contributed by atoms with Crippen LogP contribution in [0, 0.1) is 0 Å². The number of phenols is 1. The number of fused-ring (bicyclic) bond motifs is 1. The molecule has 6 nitrogen and oxygen atoms in total. The van der Waals surface area contributed by atoms with Crippen molar-refractivity contribution in [2.45, 2.75) is 6.04 Å². The van der Waals surface area contributed by atoms with Gasteiger partial charge in [-0.2, -0.15) is 0 Å². The number of nitrogens with one attached hydrogen (secondary N) is 2. The molecule has 0 aliphatic carbocycles. The highest BCUT2D eigenvalue weighted by Gasteiger charge is 2.24. The summed E-state index contributed by atoms with van der Waals surface area (Å²) in [6.45, 7) is 0.788. The van der Waals surface area contributed by atoms with Gasteiger partial charge < -0.3 is 15.2 Å². The molecule has 3 N–H and O–H groups in total. The third kappa shape index (κ3) is 2.92. The third-order valence-electron chi connectivity index (χ3n) is 2.85. The van der Waals surface area contributed by atoms with Crippen LogP contribution in [0.4, 0.5) is 0 Å². The summed E-state index contributed by atoms with van der Waals surface area (Å²) in [5, 5.41) is 12.4. The third-order valence-corrected chi connectivity index (χ3v) is 4.21. The average molecular weight is 272 g/mol. The first-order chi connectivity index (χ1) is 8.52. The summed E-state index contributed by atoms with van der Waals surface area (Å²) in [7, 11) is -1.79. The number of hydrogen-bond donors (Lipinski definition) is 3. The van der Waals surface area contributed by atoms with Crippen LogP contribution in [0.1, 0.15) is 11.6 Å². The van der Waals surface area contributed by atoms with Gasteiger partial charge in [-0.15, -0.1) is 0 Å². The molecule has 18 heavy (non-hydrogen) atoms. The summed E-state index contributed by atoms with van der Waals surface area (Å²) >= 11 is 0. The van der Waals surface area contributed by atoms with E-state index >= 15 is 0 Å². The Morgan fingerprint density at radius 2 is 2.28 bits per heavy atom. The molecule has 1 aliphatic heterocycles. The van der Waals surface area contributed by atoms with Gasteiger partial charge in [-0.3, -0.25) is 0 Å². The topological polar surface area (TPSA) is 87.7 Å². The zero-order chi connectivity index (χ0) is 13.2. The molecule has 1 atom stereocenters. The minimum absolute atomic E-state index is 0.0212. The van der Waals surface area contributed by atoms with E-state index in [0.29, 0.717) is 18.9 Å². The fourth-order valence-electron chi connectivity index (χ4n) is 1.84. The van der Waals surface area contributed by atoms with Gasteiger partial charge in [-0.05, 0) is 19.2 Å².